The number of piperidine rings is 1. The first-order valence-electron chi connectivity index (χ1n) is 7.64. The van der Waals surface area contributed by atoms with Gasteiger partial charge in [-0.3, -0.25) is 0 Å². The number of fused-ring (bicyclic) bond motifs is 3. The number of nitrogens with one attached hydrogen (secondary N) is 1. The van der Waals surface area contributed by atoms with Crippen molar-refractivity contribution in [1.29, 1.82) is 0 Å². The maximum absolute atomic E-state index is 11.6. The summed E-state index contributed by atoms with van der Waals surface area (Å²) in [6.45, 7) is 1.76. The van der Waals surface area contributed by atoms with Gasteiger partial charge in [0.1, 0.15) is 17.4 Å². The quantitative estimate of drug-likeness (QED) is 0.863. The number of hydrogen-bond donors (Lipinski definition) is 1. The van der Waals surface area contributed by atoms with Crippen LogP contribution in [0.3, 0.4) is 0 Å². The minimum absolute atomic E-state index is 0. The van der Waals surface area contributed by atoms with Crippen molar-refractivity contribution >= 4 is 23.4 Å². The second-order valence-electron chi connectivity index (χ2n) is 6.27. The number of benzene rings is 1. The second-order valence-corrected chi connectivity index (χ2v) is 6.27. The summed E-state index contributed by atoms with van der Waals surface area (Å²) < 4.78 is 11.4. The summed E-state index contributed by atoms with van der Waals surface area (Å²) >= 11 is 0. The van der Waals surface area contributed by atoms with Crippen LogP contribution in [0.15, 0.2) is 33.5 Å². The Bertz CT molecular complexity index is 730. The van der Waals surface area contributed by atoms with Gasteiger partial charge in [0.05, 0.1) is 0 Å². The molecule has 0 unspecified atom stereocenters. The molecule has 2 aliphatic rings. The molecule has 2 aliphatic heterocycles. The van der Waals surface area contributed by atoms with Crippen LogP contribution in [0.25, 0.3) is 11.0 Å². The normalized spacial score (nSPS) is 26.7. The van der Waals surface area contributed by atoms with Crippen molar-refractivity contribution in [2.24, 2.45) is 0 Å². The highest BCUT2D eigenvalue weighted by Crippen LogP contribution is 2.30. The predicted octanol–water partition coefficient (Wildman–Crippen LogP) is 3.19. The van der Waals surface area contributed by atoms with Crippen LogP contribution in [-0.2, 0) is 0 Å². The van der Waals surface area contributed by atoms with Crippen LogP contribution in [0.1, 0.15) is 31.2 Å². The van der Waals surface area contributed by atoms with Gasteiger partial charge in [-0.05, 0) is 50.8 Å². The van der Waals surface area contributed by atoms with Crippen LogP contribution in [0.4, 0.5) is 0 Å². The third-order valence-electron chi connectivity index (χ3n) is 4.61. The minimum Gasteiger partial charge on any atom is -0.490 e. The molecule has 2 fully saturated rings. The molecule has 5 heteroatoms. The van der Waals surface area contributed by atoms with E-state index in [4.69, 9.17) is 9.15 Å². The molecule has 1 N–H and O–H groups in total. The molecule has 22 heavy (non-hydrogen) atoms. The van der Waals surface area contributed by atoms with E-state index in [-0.39, 0.29) is 24.1 Å². The summed E-state index contributed by atoms with van der Waals surface area (Å²) in [6, 6.07) is 8.82. The van der Waals surface area contributed by atoms with Crippen LogP contribution < -0.4 is 15.7 Å². The van der Waals surface area contributed by atoms with E-state index in [1.807, 2.05) is 24.3 Å². The Balaban J connectivity index is 0.00000144. The van der Waals surface area contributed by atoms with E-state index in [2.05, 4.69) is 5.32 Å². The molecule has 3 heterocycles. The van der Waals surface area contributed by atoms with Crippen LogP contribution in [0.2, 0.25) is 0 Å². The standard InChI is InChI=1S/C17H19NO3.ClH/c1-10-6-11-2-5-14(9-16(11)21-17(10)19)20-15-7-12-3-4-13(8-15)18-12;/h2,5-6,9,12-13,15,18H,3-4,7-8H2,1H3;1H/t12-,13-;/m1./s1. The van der Waals surface area contributed by atoms with Gasteiger partial charge in [-0.15, -0.1) is 12.4 Å². The van der Waals surface area contributed by atoms with Crippen LogP contribution >= 0.6 is 12.4 Å². The minimum atomic E-state index is -0.278. The molecule has 118 valence electrons. The number of halogens is 1. The summed E-state index contributed by atoms with van der Waals surface area (Å²) in [6.07, 6.45) is 4.91. The van der Waals surface area contributed by atoms with Gasteiger partial charge < -0.3 is 14.5 Å². The first-order chi connectivity index (χ1) is 10.2. The molecule has 0 spiro atoms. The molecule has 2 aromatic rings. The van der Waals surface area contributed by atoms with Crippen molar-refractivity contribution in [1.82, 2.24) is 5.32 Å². The van der Waals surface area contributed by atoms with Crippen molar-refractivity contribution in [3.05, 3.63) is 40.2 Å². The Morgan fingerprint density at radius 2 is 1.91 bits per heavy atom. The third-order valence-corrected chi connectivity index (χ3v) is 4.61. The molecule has 2 bridgehead atoms. The summed E-state index contributed by atoms with van der Waals surface area (Å²) in [5.74, 6) is 0.792. The molecule has 1 aromatic carbocycles. The average molecular weight is 322 g/mol. The smallest absolute Gasteiger partial charge is 0.339 e. The van der Waals surface area contributed by atoms with Gasteiger partial charge in [0.15, 0.2) is 0 Å². The van der Waals surface area contributed by atoms with Gasteiger partial charge in [0, 0.05) is 29.1 Å². The van der Waals surface area contributed by atoms with Crippen molar-refractivity contribution in [2.45, 2.75) is 50.8 Å². The fourth-order valence-corrected chi connectivity index (χ4v) is 3.56. The van der Waals surface area contributed by atoms with Crippen LogP contribution in [0.5, 0.6) is 5.75 Å². The molecule has 0 amide bonds. The lowest BCUT2D eigenvalue weighted by Gasteiger charge is -2.29. The third kappa shape index (κ3) is 2.85. The molecule has 4 nitrogen and oxygen atoms in total. The average Bonchev–Trinajstić information content (AvgIpc) is 2.80. The first kappa shape index (κ1) is 15.4. The molecule has 4 rings (SSSR count). The Morgan fingerprint density at radius 3 is 2.64 bits per heavy atom. The van der Waals surface area contributed by atoms with Gasteiger partial charge in [0.25, 0.3) is 0 Å². The predicted molar refractivity (Wildman–Crippen MR) is 88.1 cm³/mol. The van der Waals surface area contributed by atoms with Gasteiger partial charge in [-0.25, -0.2) is 4.79 Å². The zero-order valence-electron chi connectivity index (χ0n) is 12.5. The van der Waals surface area contributed by atoms with Gasteiger partial charge in [-0.1, -0.05) is 0 Å². The highest BCUT2D eigenvalue weighted by molar-refractivity contribution is 5.85. The molecule has 2 saturated heterocycles. The Hall–Kier alpha value is -1.52. The lowest BCUT2D eigenvalue weighted by atomic mass is 10.0. The van der Waals surface area contributed by atoms with Crippen molar-refractivity contribution < 1.29 is 9.15 Å². The van der Waals surface area contributed by atoms with E-state index in [0.29, 0.717) is 23.2 Å². The van der Waals surface area contributed by atoms with E-state index in [1.165, 1.54) is 12.8 Å². The van der Waals surface area contributed by atoms with Crippen LogP contribution in [-0.4, -0.2) is 18.2 Å². The summed E-state index contributed by atoms with van der Waals surface area (Å²) in [5.41, 5.74) is 0.950. The van der Waals surface area contributed by atoms with Gasteiger partial charge in [0.2, 0.25) is 0 Å². The number of hydrogen-bond acceptors (Lipinski definition) is 4. The first-order valence-corrected chi connectivity index (χ1v) is 7.64. The summed E-state index contributed by atoms with van der Waals surface area (Å²) in [5, 5.41) is 4.54. The van der Waals surface area contributed by atoms with E-state index >= 15 is 0 Å². The van der Waals surface area contributed by atoms with E-state index in [9.17, 15) is 4.79 Å². The molecule has 1 aromatic heterocycles. The van der Waals surface area contributed by atoms with Gasteiger partial charge in [-0.2, -0.15) is 0 Å². The molecule has 0 aliphatic carbocycles. The number of ether oxygens (including phenoxy) is 1. The zero-order valence-corrected chi connectivity index (χ0v) is 13.3. The van der Waals surface area contributed by atoms with Gasteiger partial charge >= 0.3 is 5.63 Å². The van der Waals surface area contributed by atoms with E-state index in [1.54, 1.807) is 6.92 Å². The largest absolute Gasteiger partial charge is 0.490 e. The fourth-order valence-electron chi connectivity index (χ4n) is 3.56. The molecular formula is C17H20ClNO3. The molecule has 0 radical (unpaired) electrons. The Morgan fingerprint density at radius 1 is 1.18 bits per heavy atom. The lowest BCUT2D eigenvalue weighted by Crippen LogP contribution is -2.42. The SMILES string of the molecule is Cc1cc2ccc(OC3C[C@H]4CC[C@H](C3)N4)cc2oc1=O.Cl. The highest BCUT2D eigenvalue weighted by Gasteiger charge is 2.34. The van der Waals surface area contributed by atoms with Crippen LogP contribution in [0, 0.1) is 6.92 Å². The zero-order chi connectivity index (χ0) is 14.4. The Labute approximate surface area is 135 Å². The summed E-state index contributed by atoms with van der Waals surface area (Å²) in [4.78, 5) is 11.6. The monoisotopic (exact) mass is 321 g/mol. The Kier molecular flexibility index (Phi) is 4.15. The molecule has 2 atom stereocenters. The van der Waals surface area contributed by atoms with E-state index < -0.39 is 0 Å². The second kappa shape index (κ2) is 5.94. The maximum Gasteiger partial charge on any atom is 0.339 e. The molecule has 0 saturated carbocycles. The fraction of sp³-hybridized carbons (Fsp3) is 0.471. The van der Waals surface area contributed by atoms with Crippen molar-refractivity contribution in [2.75, 3.05) is 0 Å². The summed E-state index contributed by atoms with van der Waals surface area (Å²) in [7, 11) is 0. The van der Waals surface area contributed by atoms with Crippen molar-refractivity contribution in [3.8, 4) is 5.75 Å². The number of rotatable bonds is 2. The van der Waals surface area contributed by atoms with E-state index in [0.717, 1.165) is 24.0 Å². The van der Waals surface area contributed by atoms with Crippen molar-refractivity contribution in [3.63, 3.8) is 0 Å². The topological polar surface area (TPSA) is 51.5 Å². The lowest BCUT2D eigenvalue weighted by molar-refractivity contribution is 0.137. The molecular weight excluding hydrogens is 302 g/mol. The highest BCUT2D eigenvalue weighted by atomic mass is 35.5. The maximum atomic E-state index is 11.6. The number of aryl methyl sites for hydroxylation is 1.